The molecule has 0 bridgehead atoms. The molecule has 0 saturated carbocycles. The van der Waals surface area contributed by atoms with E-state index < -0.39 is 12.7 Å². The number of carbonyl (C=O) groups is 1. The summed E-state index contributed by atoms with van der Waals surface area (Å²) in [6.07, 6.45) is -2.63. The van der Waals surface area contributed by atoms with Crippen LogP contribution in [0.4, 0.5) is 18.3 Å². The molecule has 1 saturated heterocycles. The lowest BCUT2D eigenvalue weighted by Crippen LogP contribution is -2.49. The first kappa shape index (κ1) is 14.3. The number of halogens is 3. The molecule has 1 aliphatic heterocycles. The Morgan fingerprint density at radius 1 is 1.37 bits per heavy atom. The van der Waals surface area contributed by atoms with Gasteiger partial charge in [0.2, 0.25) is 0 Å². The Morgan fingerprint density at radius 2 is 2.00 bits per heavy atom. The van der Waals surface area contributed by atoms with E-state index in [-0.39, 0.29) is 5.78 Å². The van der Waals surface area contributed by atoms with Crippen molar-refractivity contribution in [1.82, 2.24) is 9.88 Å². The van der Waals surface area contributed by atoms with Crippen LogP contribution in [0.2, 0.25) is 0 Å². The highest BCUT2D eigenvalue weighted by Crippen LogP contribution is 2.24. The fraction of sp³-hybridized carbons (Fsp3) is 0.636. The Balaban J connectivity index is 1.90. The quantitative estimate of drug-likeness (QED) is 0.799. The van der Waals surface area contributed by atoms with E-state index in [1.807, 2.05) is 4.90 Å². The minimum absolute atomic E-state index is 0.0422. The average Bonchev–Trinajstić information content (AvgIpc) is 2.77. The number of piperazine rings is 1. The molecule has 2 heterocycles. The van der Waals surface area contributed by atoms with Gasteiger partial charge in [0.05, 0.1) is 17.6 Å². The summed E-state index contributed by atoms with van der Waals surface area (Å²) in [5.41, 5.74) is 0. The molecule has 0 amide bonds. The largest absolute Gasteiger partial charge is 0.401 e. The minimum atomic E-state index is -4.15. The molecule has 1 aromatic heterocycles. The van der Waals surface area contributed by atoms with Crippen molar-refractivity contribution in [3.8, 4) is 0 Å². The fourth-order valence-electron chi connectivity index (χ4n) is 1.92. The second-order valence-electron chi connectivity index (χ2n) is 4.44. The number of rotatable bonds is 3. The number of hydrogen-bond donors (Lipinski definition) is 0. The lowest BCUT2D eigenvalue weighted by atomic mass is 10.3. The molecule has 0 radical (unpaired) electrons. The van der Waals surface area contributed by atoms with E-state index in [4.69, 9.17) is 0 Å². The van der Waals surface area contributed by atoms with Gasteiger partial charge in [0, 0.05) is 33.1 Å². The van der Waals surface area contributed by atoms with Crippen LogP contribution in [0.15, 0.2) is 6.20 Å². The summed E-state index contributed by atoms with van der Waals surface area (Å²) < 4.78 is 36.7. The maximum Gasteiger partial charge on any atom is 0.401 e. The van der Waals surface area contributed by atoms with Crippen molar-refractivity contribution >= 4 is 22.3 Å². The summed E-state index contributed by atoms with van der Waals surface area (Å²) in [5.74, 6) is -0.0422. The Hall–Kier alpha value is -1.15. The van der Waals surface area contributed by atoms with Gasteiger partial charge in [0.1, 0.15) is 0 Å². The van der Waals surface area contributed by atoms with Gasteiger partial charge in [-0.2, -0.15) is 13.2 Å². The average molecular weight is 293 g/mol. The number of hydrogen-bond acceptors (Lipinski definition) is 5. The molecule has 1 fully saturated rings. The Labute approximate surface area is 112 Å². The number of alkyl halides is 3. The highest BCUT2D eigenvalue weighted by atomic mass is 32.1. The van der Waals surface area contributed by atoms with E-state index >= 15 is 0 Å². The van der Waals surface area contributed by atoms with Crippen molar-refractivity contribution in [3.63, 3.8) is 0 Å². The molecule has 0 spiro atoms. The van der Waals surface area contributed by atoms with Gasteiger partial charge in [-0.25, -0.2) is 4.98 Å². The normalized spacial score (nSPS) is 17.8. The first-order chi connectivity index (χ1) is 8.85. The molecule has 8 heteroatoms. The number of ketones is 1. The number of aromatic nitrogens is 1. The molecule has 19 heavy (non-hydrogen) atoms. The molecule has 0 atom stereocenters. The van der Waals surface area contributed by atoms with E-state index in [1.165, 1.54) is 29.4 Å². The number of carbonyl (C=O) groups excluding carboxylic acids is 1. The number of thiazole rings is 1. The van der Waals surface area contributed by atoms with Crippen LogP contribution in [0.1, 0.15) is 16.6 Å². The van der Waals surface area contributed by atoms with Gasteiger partial charge >= 0.3 is 6.18 Å². The van der Waals surface area contributed by atoms with Crippen molar-refractivity contribution in [2.45, 2.75) is 13.1 Å². The Kier molecular flexibility index (Phi) is 4.10. The van der Waals surface area contributed by atoms with Crippen LogP contribution < -0.4 is 4.90 Å². The first-order valence-electron chi connectivity index (χ1n) is 5.86. The highest BCUT2D eigenvalue weighted by molar-refractivity contribution is 7.17. The van der Waals surface area contributed by atoms with E-state index in [2.05, 4.69) is 4.98 Å². The lowest BCUT2D eigenvalue weighted by Gasteiger charge is -2.34. The van der Waals surface area contributed by atoms with E-state index in [0.717, 1.165) is 0 Å². The van der Waals surface area contributed by atoms with Crippen LogP contribution in [-0.2, 0) is 0 Å². The van der Waals surface area contributed by atoms with Gasteiger partial charge in [0.25, 0.3) is 0 Å². The molecule has 4 nitrogen and oxygen atoms in total. The van der Waals surface area contributed by atoms with E-state index in [0.29, 0.717) is 36.2 Å². The Morgan fingerprint density at radius 3 is 2.47 bits per heavy atom. The highest BCUT2D eigenvalue weighted by Gasteiger charge is 2.32. The van der Waals surface area contributed by atoms with Gasteiger partial charge < -0.3 is 4.90 Å². The van der Waals surface area contributed by atoms with E-state index in [1.54, 1.807) is 0 Å². The van der Waals surface area contributed by atoms with Crippen LogP contribution in [0, 0.1) is 0 Å². The van der Waals surface area contributed by atoms with Crippen LogP contribution in [0.25, 0.3) is 0 Å². The molecular formula is C11H14F3N3OS. The molecule has 0 unspecified atom stereocenters. The van der Waals surface area contributed by atoms with Crippen molar-refractivity contribution in [3.05, 3.63) is 11.1 Å². The molecule has 0 N–H and O–H groups in total. The minimum Gasteiger partial charge on any atom is -0.346 e. The maximum atomic E-state index is 12.2. The topological polar surface area (TPSA) is 36.4 Å². The van der Waals surface area contributed by atoms with Crippen molar-refractivity contribution in [2.24, 2.45) is 0 Å². The summed E-state index contributed by atoms with van der Waals surface area (Å²) in [6.45, 7) is 2.32. The summed E-state index contributed by atoms with van der Waals surface area (Å²) in [7, 11) is 0. The molecule has 1 aromatic rings. The standard InChI is InChI=1S/C11H14F3N3OS/c1-8(18)9-6-15-10(19-9)17-4-2-16(3-5-17)7-11(12,13)14/h6H,2-5,7H2,1H3. The second kappa shape index (κ2) is 5.46. The molecule has 1 aliphatic rings. The second-order valence-corrected chi connectivity index (χ2v) is 5.45. The molecule has 0 aromatic carbocycles. The Bertz CT molecular complexity index is 452. The number of anilines is 1. The van der Waals surface area contributed by atoms with Crippen LogP contribution in [0.5, 0.6) is 0 Å². The lowest BCUT2D eigenvalue weighted by molar-refractivity contribution is -0.146. The smallest absolute Gasteiger partial charge is 0.346 e. The predicted octanol–water partition coefficient (Wildman–Crippen LogP) is 2.03. The van der Waals surface area contributed by atoms with Gasteiger partial charge in [-0.1, -0.05) is 11.3 Å². The number of nitrogens with zero attached hydrogens (tertiary/aromatic N) is 3. The van der Waals surface area contributed by atoms with Crippen molar-refractivity contribution in [1.29, 1.82) is 0 Å². The third-order valence-electron chi connectivity index (χ3n) is 2.89. The fourth-order valence-corrected chi connectivity index (χ4v) is 2.79. The van der Waals surface area contributed by atoms with Gasteiger partial charge in [-0.3, -0.25) is 9.69 Å². The summed E-state index contributed by atoms with van der Waals surface area (Å²) in [5, 5.41) is 0.705. The summed E-state index contributed by atoms with van der Waals surface area (Å²) in [6, 6.07) is 0. The van der Waals surface area contributed by atoms with Crippen LogP contribution in [0.3, 0.4) is 0 Å². The van der Waals surface area contributed by atoms with Gasteiger partial charge in [0.15, 0.2) is 10.9 Å². The molecule has 2 rings (SSSR count). The van der Waals surface area contributed by atoms with Crippen molar-refractivity contribution < 1.29 is 18.0 Å². The zero-order chi connectivity index (χ0) is 14.0. The number of Topliss-reactive ketones (excluding diaryl/α,β-unsaturated/α-hetero) is 1. The first-order valence-corrected chi connectivity index (χ1v) is 6.67. The van der Waals surface area contributed by atoms with Crippen molar-refractivity contribution in [2.75, 3.05) is 37.6 Å². The molecular weight excluding hydrogens is 279 g/mol. The van der Waals surface area contributed by atoms with Crippen LogP contribution >= 0.6 is 11.3 Å². The zero-order valence-electron chi connectivity index (χ0n) is 10.4. The summed E-state index contributed by atoms with van der Waals surface area (Å²) in [4.78, 5) is 19.2. The monoisotopic (exact) mass is 293 g/mol. The molecule has 106 valence electrons. The molecule has 0 aliphatic carbocycles. The van der Waals surface area contributed by atoms with E-state index in [9.17, 15) is 18.0 Å². The maximum absolute atomic E-state index is 12.2. The SMILES string of the molecule is CC(=O)c1cnc(N2CCN(CC(F)(F)F)CC2)s1. The third kappa shape index (κ3) is 3.90. The zero-order valence-corrected chi connectivity index (χ0v) is 11.2. The summed E-state index contributed by atoms with van der Waals surface area (Å²) >= 11 is 1.29. The third-order valence-corrected chi connectivity index (χ3v) is 4.05. The predicted molar refractivity (Wildman–Crippen MR) is 66.8 cm³/mol. The van der Waals surface area contributed by atoms with Gasteiger partial charge in [-0.15, -0.1) is 0 Å². The van der Waals surface area contributed by atoms with Gasteiger partial charge in [-0.05, 0) is 0 Å². The van der Waals surface area contributed by atoms with Crippen LogP contribution in [-0.4, -0.2) is 54.6 Å².